The Bertz CT molecular complexity index is 979. The molecule has 1 atom stereocenters. The van der Waals surface area contributed by atoms with Crippen LogP contribution in [0.4, 0.5) is 0 Å². The molecule has 4 rings (SSSR count). The van der Waals surface area contributed by atoms with Crippen LogP contribution in [0.3, 0.4) is 0 Å². The molecule has 1 fully saturated rings. The van der Waals surface area contributed by atoms with E-state index in [9.17, 15) is 4.79 Å². The predicted molar refractivity (Wildman–Crippen MR) is 104 cm³/mol. The van der Waals surface area contributed by atoms with Crippen LogP contribution in [0.15, 0.2) is 46.9 Å². The standard InChI is InChI=1S/C20H19BrN2O4/c21-14-5-6-18-16(10-14)17(22-23(18)15-7-8-26-11-15)12-27-19-4-2-1-3-13(19)9-20(24)25/h1-6,10,15H,7-9,11-12H2,(H,24,25). The number of para-hydroxylation sites is 1. The molecule has 140 valence electrons. The smallest absolute Gasteiger partial charge is 0.307 e. The maximum atomic E-state index is 11.1. The van der Waals surface area contributed by atoms with E-state index >= 15 is 0 Å². The Hall–Kier alpha value is -2.38. The summed E-state index contributed by atoms with van der Waals surface area (Å²) in [6.07, 6.45) is 0.866. The number of hydrogen-bond acceptors (Lipinski definition) is 4. The summed E-state index contributed by atoms with van der Waals surface area (Å²) in [6, 6.07) is 13.5. The number of halogens is 1. The summed E-state index contributed by atoms with van der Waals surface area (Å²) in [4.78, 5) is 11.1. The SMILES string of the molecule is O=C(O)Cc1ccccc1OCc1nn(C2CCOC2)c2ccc(Br)cc12. The van der Waals surface area contributed by atoms with E-state index in [4.69, 9.17) is 19.7 Å². The molecule has 2 heterocycles. The lowest BCUT2D eigenvalue weighted by atomic mass is 10.1. The molecule has 6 nitrogen and oxygen atoms in total. The number of benzene rings is 2. The summed E-state index contributed by atoms with van der Waals surface area (Å²) < 4.78 is 14.5. The first-order chi connectivity index (χ1) is 13.1. The van der Waals surface area contributed by atoms with Crippen LogP contribution in [-0.2, 0) is 22.6 Å². The minimum Gasteiger partial charge on any atom is -0.487 e. The van der Waals surface area contributed by atoms with Crippen molar-refractivity contribution < 1.29 is 19.4 Å². The zero-order chi connectivity index (χ0) is 18.8. The first-order valence-electron chi connectivity index (χ1n) is 8.78. The Morgan fingerprint density at radius 2 is 2.19 bits per heavy atom. The number of carbonyl (C=O) groups is 1. The molecule has 1 saturated heterocycles. The molecule has 0 aliphatic carbocycles. The molecule has 0 bridgehead atoms. The largest absolute Gasteiger partial charge is 0.487 e. The second kappa shape index (κ2) is 7.70. The van der Waals surface area contributed by atoms with Crippen LogP contribution in [0.25, 0.3) is 10.9 Å². The lowest BCUT2D eigenvalue weighted by Gasteiger charge is -2.10. The first-order valence-corrected chi connectivity index (χ1v) is 9.58. The van der Waals surface area contributed by atoms with Gasteiger partial charge in [0, 0.05) is 22.0 Å². The number of carboxylic acid groups (broad SMARTS) is 1. The van der Waals surface area contributed by atoms with Crippen molar-refractivity contribution in [2.24, 2.45) is 0 Å². The topological polar surface area (TPSA) is 73.6 Å². The molecule has 2 aromatic carbocycles. The van der Waals surface area contributed by atoms with Crippen molar-refractivity contribution >= 4 is 32.8 Å². The number of nitrogens with zero attached hydrogens (tertiary/aromatic N) is 2. The van der Waals surface area contributed by atoms with E-state index in [1.165, 1.54) is 0 Å². The van der Waals surface area contributed by atoms with Crippen molar-refractivity contribution in [2.75, 3.05) is 13.2 Å². The van der Waals surface area contributed by atoms with Crippen LogP contribution >= 0.6 is 15.9 Å². The van der Waals surface area contributed by atoms with Crippen molar-refractivity contribution in [2.45, 2.75) is 25.5 Å². The number of hydrogen-bond donors (Lipinski definition) is 1. The Balaban J connectivity index is 1.64. The van der Waals surface area contributed by atoms with Crippen molar-refractivity contribution in [1.82, 2.24) is 9.78 Å². The summed E-state index contributed by atoms with van der Waals surface area (Å²) in [5.74, 6) is -0.312. The van der Waals surface area contributed by atoms with Crippen LogP contribution in [0.2, 0.25) is 0 Å². The van der Waals surface area contributed by atoms with Crippen LogP contribution < -0.4 is 4.74 Å². The van der Waals surface area contributed by atoms with Gasteiger partial charge in [-0.1, -0.05) is 34.1 Å². The third kappa shape index (κ3) is 3.84. The molecule has 1 aliphatic heterocycles. The van der Waals surface area contributed by atoms with Crippen LogP contribution in [0.1, 0.15) is 23.7 Å². The highest BCUT2D eigenvalue weighted by Crippen LogP contribution is 2.29. The minimum atomic E-state index is -0.883. The number of ether oxygens (including phenoxy) is 2. The Kier molecular flexibility index (Phi) is 5.13. The van der Waals surface area contributed by atoms with Gasteiger partial charge in [-0.2, -0.15) is 5.10 Å². The van der Waals surface area contributed by atoms with E-state index in [0.717, 1.165) is 34.1 Å². The number of carboxylic acids is 1. The molecule has 7 heteroatoms. The van der Waals surface area contributed by atoms with Crippen molar-refractivity contribution in [3.8, 4) is 5.75 Å². The lowest BCUT2D eigenvalue weighted by Crippen LogP contribution is -2.11. The van der Waals surface area contributed by atoms with Crippen LogP contribution in [0, 0.1) is 0 Å². The van der Waals surface area contributed by atoms with Gasteiger partial charge in [0.25, 0.3) is 0 Å². The zero-order valence-corrected chi connectivity index (χ0v) is 16.2. The Morgan fingerprint density at radius 3 is 2.96 bits per heavy atom. The Labute approximate surface area is 164 Å². The van der Waals surface area contributed by atoms with E-state index < -0.39 is 5.97 Å². The summed E-state index contributed by atoms with van der Waals surface area (Å²) in [5.41, 5.74) is 2.52. The second-order valence-electron chi connectivity index (χ2n) is 6.54. The van der Waals surface area contributed by atoms with Gasteiger partial charge in [0.2, 0.25) is 0 Å². The van der Waals surface area contributed by atoms with Gasteiger partial charge in [0.1, 0.15) is 18.1 Å². The van der Waals surface area contributed by atoms with Crippen molar-refractivity contribution in [1.29, 1.82) is 0 Å². The van der Waals surface area contributed by atoms with Crippen LogP contribution in [-0.4, -0.2) is 34.1 Å². The van der Waals surface area contributed by atoms with Gasteiger partial charge in [-0.15, -0.1) is 0 Å². The molecule has 0 saturated carbocycles. The highest BCUT2D eigenvalue weighted by atomic mass is 79.9. The lowest BCUT2D eigenvalue weighted by molar-refractivity contribution is -0.136. The fourth-order valence-electron chi connectivity index (χ4n) is 3.38. The molecule has 1 aromatic heterocycles. The van der Waals surface area contributed by atoms with E-state index in [2.05, 4.69) is 15.9 Å². The molecule has 1 unspecified atom stereocenters. The quantitative estimate of drug-likeness (QED) is 0.640. The summed E-state index contributed by atoms with van der Waals surface area (Å²) >= 11 is 3.53. The van der Waals surface area contributed by atoms with Gasteiger partial charge in [-0.3, -0.25) is 9.48 Å². The maximum absolute atomic E-state index is 11.1. The third-order valence-corrected chi connectivity index (χ3v) is 5.17. The summed E-state index contributed by atoms with van der Waals surface area (Å²) in [5, 5.41) is 14.9. The van der Waals surface area contributed by atoms with E-state index in [-0.39, 0.29) is 19.1 Å². The summed E-state index contributed by atoms with van der Waals surface area (Å²) in [6.45, 7) is 1.68. The van der Waals surface area contributed by atoms with Gasteiger partial charge in [-0.05, 0) is 30.7 Å². The van der Waals surface area contributed by atoms with E-state index in [1.807, 2.05) is 35.0 Å². The summed E-state index contributed by atoms with van der Waals surface area (Å²) in [7, 11) is 0. The van der Waals surface area contributed by atoms with Crippen molar-refractivity contribution in [3.63, 3.8) is 0 Å². The molecule has 0 spiro atoms. The zero-order valence-electron chi connectivity index (χ0n) is 14.6. The fraction of sp³-hybridized carbons (Fsp3) is 0.300. The molecule has 1 aliphatic rings. The fourth-order valence-corrected chi connectivity index (χ4v) is 3.74. The Morgan fingerprint density at radius 1 is 1.33 bits per heavy atom. The highest BCUT2D eigenvalue weighted by molar-refractivity contribution is 9.10. The normalized spacial score (nSPS) is 16.7. The number of aromatic nitrogens is 2. The monoisotopic (exact) mass is 430 g/mol. The average molecular weight is 431 g/mol. The highest BCUT2D eigenvalue weighted by Gasteiger charge is 2.22. The van der Waals surface area contributed by atoms with Gasteiger partial charge in [-0.25, -0.2) is 0 Å². The molecule has 0 amide bonds. The van der Waals surface area contributed by atoms with Gasteiger partial charge < -0.3 is 14.6 Å². The molecule has 1 N–H and O–H groups in total. The molecular weight excluding hydrogens is 412 g/mol. The maximum Gasteiger partial charge on any atom is 0.307 e. The van der Waals surface area contributed by atoms with Crippen LogP contribution in [0.5, 0.6) is 5.75 Å². The molecule has 0 radical (unpaired) electrons. The van der Waals surface area contributed by atoms with E-state index in [0.29, 0.717) is 17.9 Å². The first kappa shape index (κ1) is 18.0. The number of rotatable bonds is 6. The molecule has 27 heavy (non-hydrogen) atoms. The minimum absolute atomic E-state index is 0.0731. The molecular formula is C20H19BrN2O4. The average Bonchev–Trinajstić information content (AvgIpc) is 3.28. The van der Waals surface area contributed by atoms with E-state index in [1.54, 1.807) is 12.1 Å². The van der Waals surface area contributed by atoms with Gasteiger partial charge in [0.05, 0.1) is 24.6 Å². The molecule has 3 aromatic rings. The third-order valence-electron chi connectivity index (χ3n) is 4.67. The van der Waals surface area contributed by atoms with Gasteiger partial charge in [0.15, 0.2) is 0 Å². The number of fused-ring (bicyclic) bond motifs is 1. The second-order valence-corrected chi connectivity index (χ2v) is 7.45. The number of aliphatic carboxylic acids is 1. The van der Waals surface area contributed by atoms with Gasteiger partial charge >= 0.3 is 5.97 Å². The van der Waals surface area contributed by atoms with Crippen molar-refractivity contribution in [3.05, 3.63) is 58.2 Å². The predicted octanol–water partition coefficient (Wildman–Crippen LogP) is 3.97.